The zero-order valence-corrected chi connectivity index (χ0v) is 16.0. The summed E-state index contributed by atoms with van der Waals surface area (Å²) < 4.78 is 0. The van der Waals surface area contributed by atoms with Crippen LogP contribution in [0.1, 0.15) is 30.6 Å². The van der Waals surface area contributed by atoms with Crippen molar-refractivity contribution in [2.75, 3.05) is 23.0 Å². The molecule has 9 nitrogen and oxygen atoms in total. The van der Waals surface area contributed by atoms with E-state index in [2.05, 4.69) is 31.2 Å². The Kier molecular flexibility index (Phi) is 6.78. The Bertz CT molecular complexity index is 844. The molecule has 0 radical (unpaired) electrons. The number of primary amides is 1. The fourth-order valence-corrected chi connectivity index (χ4v) is 2.25. The third kappa shape index (κ3) is 5.45. The minimum absolute atomic E-state index is 0.102. The van der Waals surface area contributed by atoms with Crippen molar-refractivity contribution >= 4 is 46.7 Å². The number of nitrogens with zero attached hydrogens (tertiary/aromatic N) is 2. The molecule has 0 spiro atoms. The lowest BCUT2D eigenvalue weighted by Crippen LogP contribution is -2.24. The Morgan fingerprint density at radius 1 is 1.33 bits per heavy atom. The average Bonchev–Trinajstić information content (AvgIpc) is 2.64. The Morgan fingerprint density at radius 2 is 2.07 bits per heavy atom. The average molecular weight is 392 g/mol. The van der Waals surface area contributed by atoms with E-state index in [4.69, 9.17) is 17.3 Å². The van der Waals surface area contributed by atoms with E-state index in [1.807, 2.05) is 13.8 Å². The van der Waals surface area contributed by atoms with Gasteiger partial charge in [0.05, 0.1) is 16.3 Å². The predicted molar refractivity (Wildman–Crippen MR) is 107 cm³/mol. The molecule has 27 heavy (non-hydrogen) atoms. The first kappa shape index (κ1) is 20.2. The summed E-state index contributed by atoms with van der Waals surface area (Å²) in [5, 5.41) is 11.6. The summed E-state index contributed by atoms with van der Waals surface area (Å²) >= 11 is 6.09. The smallest absolute Gasteiger partial charge is 0.319 e. The van der Waals surface area contributed by atoms with Crippen LogP contribution in [0.5, 0.6) is 0 Å². The van der Waals surface area contributed by atoms with Crippen molar-refractivity contribution < 1.29 is 9.59 Å². The molecule has 0 aliphatic heterocycles. The van der Waals surface area contributed by atoms with E-state index in [0.717, 1.165) is 6.42 Å². The van der Waals surface area contributed by atoms with Crippen LogP contribution < -0.4 is 27.0 Å². The van der Waals surface area contributed by atoms with E-state index in [0.29, 0.717) is 22.2 Å². The maximum atomic E-state index is 11.6. The van der Waals surface area contributed by atoms with Crippen LogP contribution in [0.4, 0.5) is 27.9 Å². The molecule has 1 aromatic heterocycles. The molecule has 0 saturated heterocycles. The maximum Gasteiger partial charge on any atom is 0.319 e. The van der Waals surface area contributed by atoms with Crippen molar-refractivity contribution in [1.82, 2.24) is 15.3 Å². The number of hydrogen-bond donors (Lipinski definition) is 5. The van der Waals surface area contributed by atoms with Crippen molar-refractivity contribution in [3.05, 3.63) is 35.0 Å². The van der Waals surface area contributed by atoms with E-state index >= 15 is 0 Å². The maximum absolute atomic E-state index is 11.6. The molecular formula is C17H22ClN7O2. The Hall–Kier alpha value is -3.07. The topological polar surface area (TPSA) is 134 Å². The van der Waals surface area contributed by atoms with Gasteiger partial charge in [-0.25, -0.2) is 9.78 Å². The number of nitrogens with two attached hydrogens (primary N) is 1. The molecule has 3 amide bonds. The molecular weight excluding hydrogens is 370 g/mol. The summed E-state index contributed by atoms with van der Waals surface area (Å²) in [6.45, 7) is 3.98. The summed E-state index contributed by atoms with van der Waals surface area (Å²) in [4.78, 5) is 31.6. The highest BCUT2D eigenvalue weighted by Crippen LogP contribution is 2.27. The van der Waals surface area contributed by atoms with E-state index in [1.54, 1.807) is 18.2 Å². The lowest BCUT2D eigenvalue weighted by molar-refractivity contribution is 0.100. The molecule has 0 saturated carbocycles. The first-order valence-electron chi connectivity index (χ1n) is 8.32. The third-order valence-electron chi connectivity index (χ3n) is 3.75. The normalized spacial score (nSPS) is 11.4. The van der Waals surface area contributed by atoms with Gasteiger partial charge in [-0.05, 0) is 31.5 Å². The molecule has 2 aromatic rings. The minimum Gasteiger partial charge on any atom is -0.367 e. The van der Waals surface area contributed by atoms with Crippen molar-refractivity contribution in [3.8, 4) is 0 Å². The van der Waals surface area contributed by atoms with Gasteiger partial charge in [-0.1, -0.05) is 18.5 Å². The summed E-state index contributed by atoms with van der Waals surface area (Å²) in [5.41, 5.74) is 6.63. The molecule has 0 aliphatic rings. The Morgan fingerprint density at radius 3 is 2.70 bits per heavy atom. The van der Waals surface area contributed by atoms with Crippen LogP contribution in [0.3, 0.4) is 0 Å². The highest BCUT2D eigenvalue weighted by molar-refractivity contribution is 6.33. The second-order valence-electron chi connectivity index (χ2n) is 5.80. The third-order valence-corrected chi connectivity index (χ3v) is 4.08. The molecule has 144 valence electrons. The van der Waals surface area contributed by atoms with Crippen LogP contribution in [-0.4, -0.2) is 35.0 Å². The van der Waals surface area contributed by atoms with E-state index in [9.17, 15) is 9.59 Å². The molecule has 0 unspecified atom stereocenters. The van der Waals surface area contributed by atoms with E-state index in [-0.39, 0.29) is 17.6 Å². The lowest BCUT2D eigenvalue weighted by atomic mass is 10.2. The van der Waals surface area contributed by atoms with Gasteiger partial charge in [-0.15, -0.1) is 0 Å². The second kappa shape index (κ2) is 9.04. The van der Waals surface area contributed by atoms with Gasteiger partial charge in [0.2, 0.25) is 5.95 Å². The first-order chi connectivity index (χ1) is 12.8. The molecule has 0 aliphatic carbocycles. The molecule has 1 atom stereocenters. The largest absolute Gasteiger partial charge is 0.367 e. The van der Waals surface area contributed by atoms with Gasteiger partial charge >= 0.3 is 6.03 Å². The fourth-order valence-electron chi connectivity index (χ4n) is 2.08. The van der Waals surface area contributed by atoms with Gasteiger partial charge in [0.25, 0.3) is 5.91 Å². The van der Waals surface area contributed by atoms with Gasteiger partial charge in [0, 0.05) is 25.0 Å². The summed E-state index contributed by atoms with van der Waals surface area (Å²) in [6, 6.07) is 4.70. The number of anilines is 4. The van der Waals surface area contributed by atoms with Gasteiger partial charge in [-0.3, -0.25) is 4.79 Å². The zero-order chi connectivity index (χ0) is 20.0. The molecule has 1 aromatic carbocycles. The summed E-state index contributed by atoms with van der Waals surface area (Å²) in [6.07, 6.45) is 2.21. The predicted octanol–water partition coefficient (Wildman–Crippen LogP) is 2.93. The van der Waals surface area contributed by atoms with Crippen LogP contribution in [0.2, 0.25) is 5.02 Å². The Balaban J connectivity index is 2.29. The number of halogens is 1. The number of benzene rings is 1. The number of carbonyl (C=O) groups is 2. The first-order valence-corrected chi connectivity index (χ1v) is 8.70. The standard InChI is InChI=1S/C17H22ClN7O2/c1-4-9(2)22-15-11(14(19)26)8-21-16(25-15)23-10-5-6-12(18)13(7-10)24-17(27)20-3/h5-9H,4H2,1-3H3,(H2,19,26)(H2,20,24,27)(H2,21,22,23,25)/t9-/m0/s1. The summed E-state index contributed by atoms with van der Waals surface area (Å²) in [7, 11) is 1.51. The second-order valence-corrected chi connectivity index (χ2v) is 6.20. The number of urea groups is 1. The van der Waals surface area contributed by atoms with Crippen molar-refractivity contribution in [1.29, 1.82) is 0 Å². The minimum atomic E-state index is -0.615. The van der Waals surface area contributed by atoms with Crippen LogP contribution in [0.15, 0.2) is 24.4 Å². The highest BCUT2D eigenvalue weighted by Gasteiger charge is 2.14. The number of hydrogen-bond acceptors (Lipinski definition) is 6. The molecule has 0 fully saturated rings. The van der Waals surface area contributed by atoms with Crippen LogP contribution in [-0.2, 0) is 0 Å². The van der Waals surface area contributed by atoms with Crippen molar-refractivity contribution in [3.63, 3.8) is 0 Å². The zero-order valence-electron chi connectivity index (χ0n) is 15.3. The fraction of sp³-hybridized carbons (Fsp3) is 0.294. The highest BCUT2D eigenvalue weighted by atomic mass is 35.5. The van der Waals surface area contributed by atoms with Gasteiger partial charge in [0.1, 0.15) is 5.82 Å². The molecule has 0 bridgehead atoms. The quantitative estimate of drug-likeness (QED) is 0.492. The van der Waals surface area contributed by atoms with Crippen LogP contribution in [0.25, 0.3) is 0 Å². The molecule has 6 N–H and O–H groups in total. The number of aromatic nitrogens is 2. The Labute approximate surface area is 162 Å². The van der Waals surface area contributed by atoms with Gasteiger partial charge in [-0.2, -0.15) is 4.98 Å². The SMILES string of the molecule is CC[C@H](C)Nc1nc(Nc2ccc(Cl)c(NC(=O)NC)c2)ncc1C(N)=O. The van der Waals surface area contributed by atoms with Crippen molar-refractivity contribution in [2.24, 2.45) is 5.73 Å². The van der Waals surface area contributed by atoms with E-state index < -0.39 is 11.9 Å². The summed E-state index contributed by atoms with van der Waals surface area (Å²) in [5.74, 6) is 0.00181. The number of nitrogens with one attached hydrogen (secondary N) is 4. The van der Waals surface area contributed by atoms with Crippen LogP contribution in [0, 0.1) is 0 Å². The monoisotopic (exact) mass is 391 g/mol. The molecule has 1 heterocycles. The number of carbonyl (C=O) groups excluding carboxylic acids is 2. The molecule has 2 rings (SSSR count). The van der Waals surface area contributed by atoms with Crippen LogP contribution >= 0.6 is 11.6 Å². The molecule has 10 heteroatoms. The van der Waals surface area contributed by atoms with E-state index in [1.165, 1.54) is 13.2 Å². The number of amides is 3. The van der Waals surface area contributed by atoms with Gasteiger partial charge in [0.15, 0.2) is 0 Å². The lowest BCUT2D eigenvalue weighted by Gasteiger charge is -2.16. The van der Waals surface area contributed by atoms with Gasteiger partial charge < -0.3 is 27.0 Å². The van der Waals surface area contributed by atoms with Crippen molar-refractivity contribution in [2.45, 2.75) is 26.3 Å². The number of rotatable bonds is 7.